The van der Waals surface area contributed by atoms with Crippen LogP contribution in [0, 0.1) is 5.41 Å². The van der Waals surface area contributed by atoms with E-state index in [-0.39, 0.29) is 69.2 Å². The van der Waals surface area contributed by atoms with Crippen LogP contribution in [0.5, 0.6) is 0 Å². The van der Waals surface area contributed by atoms with Gasteiger partial charge in [-0.1, -0.05) is 12.2 Å². The number of carboxylic acid groups (broad SMARTS) is 1. The molecule has 0 aromatic carbocycles. The molecule has 2 saturated heterocycles. The zero-order chi connectivity index (χ0) is 11.9. The summed E-state index contributed by atoms with van der Waals surface area (Å²) in [6.45, 7) is 2.02. The van der Waals surface area contributed by atoms with E-state index in [1.165, 1.54) is 11.8 Å². The number of carboxylic acids is 1. The molecule has 2 heterocycles. The van der Waals surface area contributed by atoms with Gasteiger partial charge in [-0.05, 0) is 6.92 Å². The van der Waals surface area contributed by atoms with Gasteiger partial charge in [-0.15, -0.1) is 11.8 Å². The third-order valence-corrected chi connectivity index (χ3v) is 4.63. The van der Waals surface area contributed by atoms with E-state index in [1.54, 1.807) is 24.0 Å². The molecule has 0 aliphatic carbocycles. The normalized spacial score (nSPS) is 36.1. The number of carbonyl (C=O) groups excluding carboxylic acids is 1. The van der Waals surface area contributed by atoms with Crippen molar-refractivity contribution in [3.8, 4) is 0 Å². The summed E-state index contributed by atoms with van der Waals surface area (Å²) in [4.78, 5) is 24.3. The Labute approximate surface area is 147 Å². The molecule has 2 aliphatic rings. The van der Waals surface area contributed by atoms with Gasteiger partial charge in [0.1, 0.15) is 16.8 Å². The first-order valence-electron chi connectivity index (χ1n) is 5.07. The second kappa shape index (κ2) is 5.73. The van der Waals surface area contributed by atoms with Gasteiger partial charge in [-0.2, -0.15) is 0 Å². The number of allylic oxidation sites excluding steroid dienone is 1. The number of β-lactam (4-membered cyclic amide) rings is 1. The van der Waals surface area contributed by atoms with Crippen LogP contribution in [0.25, 0.3) is 0 Å². The van der Waals surface area contributed by atoms with E-state index < -0.39 is 17.4 Å². The molecule has 0 aromatic rings. The van der Waals surface area contributed by atoms with Crippen molar-refractivity contribution in [1.29, 1.82) is 0 Å². The van der Waals surface area contributed by atoms with E-state index in [0.717, 1.165) is 0 Å². The molecule has 17 heavy (non-hydrogen) atoms. The van der Waals surface area contributed by atoms with Crippen LogP contribution in [0.15, 0.2) is 12.2 Å². The van der Waals surface area contributed by atoms with Gasteiger partial charge in [-0.3, -0.25) is 9.59 Å². The number of hydrogen-bond donors (Lipinski definition) is 2. The summed E-state index contributed by atoms with van der Waals surface area (Å²) in [5.74, 6) is -0.563. The Balaban J connectivity index is 0.00000144. The number of amides is 1. The van der Waals surface area contributed by atoms with Crippen molar-refractivity contribution < 1.29 is 14.7 Å². The van der Waals surface area contributed by atoms with Gasteiger partial charge in [0.05, 0.1) is 0 Å². The Bertz CT molecular complexity index is 377. The van der Waals surface area contributed by atoms with Crippen molar-refractivity contribution in [3.05, 3.63) is 12.2 Å². The molecule has 3 N–H and O–H groups in total. The molecule has 5 nitrogen and oxygen atoms in total. The molecule has 0 aromatic heterocycles. The second-order valence-electron chi connectivity index (χ2n) is 4.15. The minimum atomic E-state index is -0.953. The van der Waals surface area contributed by atoms with Crippen LogP contribution < -0.4 is 5.73 Å². The van der Waals surface area contributed by atoms with Gasteiger partial charge in [0.2, 0.25) is 5.91 Å². The molecule has 2 unspecified atom stereocenters. The van der Waals surface area contributed by atoms with Crippen molar-refractivity contribution in [3.63, 3.8) is 0 Å². The van der Waals surface area contributed by atoms with E-state index in [1.807, 2.05) is 0 Å². The van der Waals surface area contributed by atoms with Crippen LogP contribution >= 0.6 is 11.8 Å². The van der Waals surface area contributed by atoms with Gasteiger partial charge in [0.15, 0.2) is 0 Å². The number of nitrogens with two attached hydrogens (primary N) is 1. The van der Waals surface area contributed by atoms with Crippen LogP contribution in [0.3, 0.4) is 0 Å². The van der Waals surface area contributed by atoms with E-state index in [2.05, 4.69) is 0 Å². The van der Waals surface area contributed by atoms with Gasteiger partial charge in [0, 0.05) is 12.3 Å². The maximum atomic E-state index is 11.5. The molecule has 0 bridgehead atoms. The molecular formula is C10H15KN2O3S. The third-order valence-electron chi connectivity index (χ3n) is 3.06. The zero-order valence-electron chi connectivity index (χ0n) is 8.92. The molecule has 2 aliphatic heterocycles. The fourth-order valence-electron chi connectivity index (χ4n) is 2.12. The number of aliphatic carboxylic acids is 1. The number of carbonyl (C=O) groups is 2. The predicted molar refractivity (Wildman–Crippen MR) is 68.0 cm³/mol. The summed E-state index contributed by atoms with van der Waals surface area (Å²) in [7, 11) is 0. The Kier molecular flexibility index (Phi) is 5.28. The summed E-state index contributed by atoms with van der Waals surface area (Å²) >= 11 is 1.45. The van der Waals surface area contributed by atoms with Crippen LogP contribution in [0.4, 0.5) is 0 Å². The topological polar surface area (TPSA) is 83.6 Å². The monoisotopic (exact) mass is 282 g/mol. The average Bonchev–Trinajstić information content (AvgIpc) is 2.28. The van der Waals surface area contributed by atoms with E-state index in [9.17, 15) is 14.7 Å². The summed E-state index contributed by atoms with van der Waals surface area (Å²) in [6.07, 6.45) is 3.38. The van der Waals surface area contributed by atoms with Crippen LogP contribution in [-0.2, 0) is 9.59 Å². The molecule has 1 amide bonds. The summed E-state index contributed by atoms with van der Waals surface area (Å²) in [6, 6.07) is -0.456. The van der Waals surface area contributed by atoms with Crippen molar-refractivity contribution in [2.45, 2.75) is 18.3 Å². The van der Waals surface area contributed by atoms with Crippen molar-refractivity contribution in [2.24, 2.45) is 11.1 Å². The molecule has 7 heteroatoms. The quantitative estimate of drug-likeness (QED) is 0.395. The van der Waals surface area contributed by atoms with E-state index in [4.69, 9.17) is 5.73 Å². The molecular weight excluding hydrogens is 267 g/mol. The molecule has 2 fully saturated rings. The molecule has 0 spiro atoms. The standard InChI is InChI=1S/C10H14N2O3S.K.H/c1-2-3-10(9(14)15)4-12-7(13)6(11)8(12)16-5-10;;/h2-3,6,8H,4-5,11H2,1H3,(H,14,15);;/t6?,8-,10?;;/m1../s1. The molecule has 90 valence electrons. The Morgan fingerprint density at radius 1 is 1.71 bits per heavy atom. The first-order chi connectivity index (χ1) is 7.52. The number of rotatable bonds is 2. The Morgan fingerprint density at radius 3 is 2.88 bits per heavy atom. The summed E-state index contributed by atoms with van der Waals surface area (Å²) < 4.78 is 0. The SMILES string of the molecule is CC=CC1(C(=O)O)CS[C@@H]2C(N)C(=O)N2C1.[KH]. The molecule has 0 radical (unpaired) electrons. The predicted octanol–water partition coefficient (Wildman–Crippen LogP) is -0.773. The summed E-state index contributed by atoms with van der Waals surface area (Å²) in [5, 5.41) is 9.23. The van der Waals surface area contributed by atoms with E-state index in [0.29, 0.717) is 5.75 Å². The van der Waals surface area contributed by atoms with Gasteiger partial charge in [0.25, 0.3) is 0 Å². The van der Waals surface area contributed by atoms with Gasteiger partial charge in [-0.25, -0.2) is 0 Å². The van der Waals surface area contributed by atoms with Gasteiger partial charge < -0.3 is 15.7 Å². The van der Waals surface area contributed by atoms with Crippen molar-refractivity contribution >= 4 is 75.0 Å². The third kappa shape index (κ3) is 2.51. The second-order valence-corrected chi connectivity index (χ2v) is 5.26. The average molecular weight is 282 g/mol. The number of nitrogens with zero attached hydrogens (tertiary/aromatic N) is 1. The first kappa shape index (κ1) is 15.7. The number of fused-ring (bicyclic) bond motifs is 1. The summed E-state index contributed by atoms with van der Waals surface area (Å²) in [5.41, 5.74) is 4.69. The van der Waals surface area contributed by atoms with Gasteiger partial charge >= 0.3 is 57.4 Å². The number of hydrogen-bond acceptors (Lipinski definition) is 4. The van der Waals surface area contributed by atoms with Crippen LogP contribution in [0.1, 0.15) is 6.92 Å². The fourth-order valence-corrected chi connectivity index (χ4v) is 3.58. The maximum absolute atomic E-state index is 11.5. The molecule has 3 atom stereocenters. The molecule has 0 saturated carbocycles. The zero-order valence-corrected chi connectivity index (χ0v) is 9.74. The minimum absolute atomic E-state index is 0. The first-order valence-corrected chi connectivity index (χ1v) is 6.11. The Hall–Kier alpha value is 0.626. The van der Waals surface area contributed by atoms with Crippen LogP contribution in [0.2, 0.25) is 0 Å². The fraction of sp³-hybridized carbons (Fsp3) is 0.600. The number of thioether (sulfide) groups is 1. The molecule has 2 rings (SSSR count). The van der Waals surface area contributed by atoms with Crippen LogP contribution in [-0.4, -0.2) is 97.0 Å². The van der Waals surface area contributed by atoms with Crippen molar-refractivity contribution in [1.82, 2.24) is 4.90 Å². The van der Waals surface area contributed by atoms with Crippen molar-refractivity contribution in [2.75, 3.05) is 12.3 Å². The van der Waals surface area contributed by atoms with E-state index >= 15 is 0 Å². The Morgan fingerprint density at radius 2 is 2.35 bits per heavy atom.